The van der Waals surface area contributed by atoms with Crippen molar-refractivity contribution in [1.29, 1.82) is 0 Å². The Hall–Kier alpha value is -1.86. The Morgan fingerprint density at radius 3 is 3.17 bits per heavy atom. The lowest BCUT2D eigenvalue weighted by Crippen LogP contribution is -2.40. The molecular weight excluding hydrogens is 307 g/mol. The van der Waals surface area contributed by atoms with Gasteiger partial charge in [-0.3, -0.25) is 9.59 Å². The van der Waals surface area contributed by atoms with Crippen LogP contribution < -0.4 is 5.32 Å². The molecule has 6 nitrogen and oxygen atoms in total. The SMILES string of the molecule is CCC=CC1CC(NC(=O)C2C=C3B(O)OCC3=CC2)CN1C=O. The van der Waals surface area contributed by atoms with Crippen LogP contribution in [-0.4, -0.2) is 54.6 Å². The first-order chi connectivity index (χ1) is 11.6. The van der Waals surface area contributed by atoms with E-state index < -0.39 is 7.12 Å². The number of nitrogens with zero attached hydrogens (tertiary/aromatic N) is 1. The molecule has 3 unspecified atom stereocenters. The maximum absolute atomic E-state index is 12.5. The fraction of sp³-hybridized carbons (Fsp3) is 0.529. The molecule has 3 rings (SSSR count). The Bertz CT molecular complexity index is 601. The topological polar surface area (TPSA) is 78.9 Å². The smallest absolute Gasteiger partial charge is 0.423 e. The van der Waals surface area contributed by atoms with Crippen molar-refractivity contribution in [1.82, 2.24) is 10.2 Å². The van der Waals surface area contributed by atoms with Crippen molar-refractivity contribution in [2.75, 3.05) is 13.2 Å². The number of hydrogen-bond acceptors (Lipinski definition) is 4. The minimum Gasteiger partial charge on any atom is -0.423 e. The Morgan fingerprint density at radius 2 is 2.42 bits per heavy atom. The lowest BCUT2D eigenvalue weighted by atomic mass is 9.73. The Labute approximate surface area is 142 Å². The largest absolute Gasteiger partial charge is 0.491 e. The molecule has 2 fully saturated rings. The van der Waals surface area contributed by atoms with Crippen LogP contribution in [0.4, 0.5) is 0 Å². The second-order valence-corrected chi connectivity index (χ2v) is 6.50. The van der Waals surface area contributed by atoms with Crippen LogP contribution in [0, 0.1) is 5.92 Å². The average Bonchev–Trinajstić information content (AvgIpc) is 3.16. The number of nitrogens with one attached hydrogen (secondary N) is 1. The van der Waals surface area contributed by atoms with E-state index in [4.69, 9.17) is 4.65 Å². The van der Waals surface area contributed by atoms with Crippen molar-refractivity contribution in [3.05, 3.63) is 35.3 Å². The fourth-order valence-electron chi connectivity index (χ4n) is 3.51. The minimum absolute atomic E-state index is 0.0391. The summed E-state index contributed by atoms with van der Waals surface area (Å²) in [6.45, 7) is 2.99. The van der Waals surface area contributed by atoms with Gasteiger partial charge in [0.25, 0.3) is 0 Å². The highest BCUT2D eigenvalue weighted by Gasteiger charge is 2.36. The van der Waals surface area contributed by atoms with Crippen molar-refractivity contribution in [2.45, 2.75) is 38.3 Å². The number of allylic oxidation sites excluding steroid dienone is 2. The molecule has 0 aromatic rings. The summed E-state index contributed by atoms with van der Waals surface area (Å²) in [6, 6.07) is 0.0109. The normalized spacial score (nSPS) is 29.5. The third-order valence-corrected chi connectivity index (χ3v) is 4.83. The molecule has 2 saturated heterocycles. The summed E-state index contributed by atoms with van der Waals surface area (Å²) in [7, 11) is -0.924. The maximum Gasteiger partial charge on any atom is 0.491 e. The van der Waals surface area contributed by atoms with Crippen LogP contribution in [0.3, 0.4) is 0 Å². The first-order valence-electron chi connectivity index (χ1n) is 8.51. The van der Waals surface area contributed by atoms with Gasteiger partial charge in [-0.2, -0.15) is 0 Å². The standard InChI is InChI=1S/C17H23BN2O4/c1-2-3-4-15-8-14(9-20(15)11-21)19-17(22)12-5-6-13-10-24-18(23)16(13)7-12/h3-4,6-7,11-12,14-15,23H,2,5,8-10H2,1H3,(H,19,22). The highest BCUT2D eigenvalue weighted by atomic mass is 16.5. The van der Waals surface area contributed by atoms with E-state index >= 15 is 0 Å². The molecule has 2 N–H and O–H groups in total. The molecule has 0 aromatic heterocycles. The van der Waals surface area contributed by atoms with Gasteiger partial charge in [0.05, 0.1) is 18.6 Å². The van der Waals surface area contributed by atoms with Crippen LogP contribution >= 0.6 is 0 Å². The molecule has 2 heterocycles. The van der Waals surface area contributed by atoms with E-state index in [-0.39, 0.29) is 23.9 Å². The first-order valence-corrected chi connectivity index (χ1v) is 8.51. The molecule has 2 amide bonds. The number of likely N-dealkylation sites (tertiary alicyclic amines) is 1. The molecule has 0 aromatic carbocycles. The van der Waals surface area contributed by atoms with Gasteiger partial charge >= 0.3 is 7.12 Å². The van der Waals surface area contributed by atoms with Crippen LogP contribution in [0.15, 0.2) is 35.3 Å². The predicted octanol–water partition coefficient (Wildman–Crippen LogP) is 0.591. The van der Waals surface area contributed by atoms with Crippen molar-refractivity contribution in [2.24, 2.45) is 5.92 Å². The van der Waals surface area contributed by atoms with Gasteiger partial charge in [-0.15, -0.1) is 0 Å². The number of fused-ring (bicyclic) bond motifs is 1. The number of rotatable bonds is 5. The fourth-order valence-corrected chi connectivity index (χ4v) is 3.51. The molecule has 128 valence electrons. The van der Waals surface area contributed by atoms with Gasteiger partial charge in [-0.25, -0.2) is 0 Å². The van der Waals surface area contributed by atoms with Crippen LogP contribution in [0.25, 0.3) is 0 Å². The van der Waals surface area contributed by atoms with E-state index in [1.807, 2.05) is 24.3 Å². The van der Waals surface area contributed by atoms with Gasteiger partial charge in [0.1, 0.15) is 0 Å². The second kappa shape index (κ2) is 7.36. The molecule has 1 aliphatic carbocycles. The summed E-state index contributed by atoms with van der Waals surface area (Å²) in [6.07, 6.45) is 11.0. The predicted molar refractivity (Wildman–Crippen MR) is 90.7 cm³/mol. The molecule has 0 spiro atoms. The third-order valence-electron chi connectivity index (χ3n) is 4.83. The van der Waals surface area contributed by atoms with Crippen LogP contribution in [-0.2, 0) is 14.2 Å². The Morgan fingerprint density at radius 1 is 1.58 bits per heavy atom. The zero-order chi connectivity index (χ0) is 17.1. The van der Waals surface area contributed by atoms with Gasteiger partial charge in [0, 0.05) is 12.6 Å². The van der Waals surface area contributed by atoms with E-state index in [9.17, 15) is 14.6 Å². The molecule has 0 radical (unpaired) electrons. The molecule has 7 heteroatoms. The molecular formula is C17H23BN2O4. The number of carbonyl (C=O) groups is 2. The van der Waals surface area contributed by atoms with Gasteiger partial charge < -0.3 is 19.9 Å². The number of carbonyl (C=O) groups excluding carboxylic acids is 2. The van der Waals surface area contributed by atoms with Crippen molar-refractivity contribution >= 4 is 19.4 Å². The zero-order valence-corrected chi connectivity index (χ0v) is 13.9. The van der Waals surface area contributed by atoms with E-state index in [1.165, 1.54) is 0 Å². The average molecular weight is 330 g/mol. The highest BCUT2D eigenvalue weighted by molar-refractivity contribution is 6.55. The number of hydrogen-bond donors (Lipinski definition) is 2. The first kappa shape index (κ1) is 17.0. The summed E-state index contributed by atoms with van der Waals surface area (Å²) in [4.78, 5) is 25.5. The highest BCUT2D eigenvalue weighted by Crippen LogP contribution is 2.30. The van der Waals surface area contributed by atoms with E-state index in [2.05, 4.69) is 12.2 Å². The quantitative estimate of drug-likeness (QED) is 0.439. The van der Waals surface area contributed by atoms with Gasteiger partial charge in [-0.05, 0) is 30.3 Å². The summed E-state index contributed by atoms with van der Waals surface area (Å²) < 4.78 is 5.18. The summed E-state index contributed by atoms with van der Waals surface area (Å²) >= 11 is 0. The monoisotopic (exact) mass is 330 g/mol. The van der Waals surface area contributed by atoms with E-state index in [0.29, 0.717) is 25.0 Å². The zero-order valence-electron chi connectivity index (χ0n) is 13.9. The summed E-state index contributed by atoms with van der Waals surface area (Å²) in [5.74, 6) is -0.358. The molecule has 0 bridgehead atoms. The van der Waals surface area contributed by atoms with Gasteiger partial charge in [-0.1, -0.05) is 31.2 Å². The van der Waals surface area contributed by atoms with Crippen molar-refractivity contribution < 1.29 is 19.3 Å². The molecule has 2 aliphatic heterocycles. The molecule has 3 atom stereocenters. The Kier molecular flexibility index (Phi) is 5.21. The van der Waals surface area contributed by atoms with Gasteiger partial charge in [0.15, 0.2) is 0 Å². The second-order valence-electron chi connectivity index (χ2n) is 6.50. The number of amides is 2. The Balaban J connectivity index is 1.60. The molecule has 3 aliphatic rings. The van der Waals surface area contributed by atoms with Crippen LogP contribution in [0.5, 0.6) is 0 Å². The summed E-state index contributed by atoms with van der Waals surface area (Å²) in [5, 5.41) is 12.8. The van der Waals surface area contributed by atoms with Crippen molar-refractivity contribution in [3.63, 3.8) is 0 Å². The lowest BCUT2D eigenvalue weighted by Gasteiger charge is -2.20. The minimum atomic E-state index is -0.924. The molecule has 24 heavy (non-hydrogen) atoms. The third kappa shape index (κ3) is 3.47. The molecule has 0 saturated carbocycles. The van der Waals surface area contributed by atoms with Crippen molar-refractivity contribution in [3.8, 4) is 0 Å². The van der Waals surface area contributed by atoms with E-state index in [1.54, 1.807) is 4.90 Å². The lowest BCUT2D eigenvalue weighted by molar-refractivity contribution is -0.124. The van der Waals surface area contributed by atoms with Gasteiger partial charge in [0.2, 0.25) is 12.3 Å². The summed E-state index contributed by atoms with van der Waals surface area (Å²) in [5.41, 5.74) is 1.69. The maximum atomic E-state index is 12.5. The van der Waals surface area contributed by atoms with Crippen LogP contribution in [0.2, 0.25) is 0 Å². The van der Waals surface area contributed by atoms with Crippen LogP contribution in [0.1, 0.15) is 26.2 Å². The van der Waals surface area contributed by atoms with E-state index in [0.717, 1.165) is 24.8 Å².